The quantitative estimate of drug-likeness (QED) is 0.803. The highest BCUT2D eigenvalue weighted by Crippen LogP contribution is 2.34. The van der Waals surface area contributed by atoms with Crippen molar-refractivity contribution < 1.29 is 32.9 Å². The van der Waals surface area contributed by atoms with Crippen LogP contribution < -0.4 is 4.74 Å². The fourth-order valence-corrected chi connectivity index (χ4v) is 1.53. The number of aliphatic carboxylic acids is 1. The van der Waals surface area contributed by atoms with Crippen molar-refractivity contribution in [1.29, 1.82) is 0 Å². The van der Waals surface area contributed by atoms with E-state index < -0.39 is 30.3 Å². The minimum atomic E-state index is -4.90. The molecule has 1 rings (SSSR count). The van der Waals surface area contributed by atoms with Crippen LogP contribution in [0.1, 0.15) is 5.69 Å². The van der Waals surface area contributed by atoms with E-state index in [0.717, 1.165) is 0 Å². The van der Waals surface area contributed by atoms with Crippen molar-refractivity contribution >= 4 is 28.6 Å². The molecule has 1 aromatic rings. The number of carbonyl (C=O) groups is 1. The summed E-state index contributed by atoms with van der Waals surface area (Å²) in [5.41, 5.74) is -0.226. The Kier molecular flexibility index (Phi) is 4.01. The second-order valence-electron chi connectivity index (χ2n) is 2.85. The molecule has 0 saturated heterocycles. The van der Waals surface area contributed by atoms with Crippen LogP contribution in [0, 0.1) is 3.57 Å². The summed E-state index contributed by atoms with van der Waals surface area (Å²) in [5, 5.41) is 17.9. The first-order valence-electron chi connectivity index (χ1n) is 4.04. The molecule has 5 nitrogen and oxygen atoms in total. The van der Waals surface area contributed by atoms with Crippen LogP contribution in [-0.2, 0) is 11.2 Å². The molecule has 94 valence electrons. The summed E-state index contributed by atoms with van der Waals surface area (Å²) >= 11 is 1.41. The van der Waals surface area contributed by atoms with E-state index in [-0.39, 0.29) is 9.26 Å². The SMILES string of the molecule is O=C(O)Cc1ncc(OC(F)(F)F)c(I)c1O. The van der Waals surface area contributed by atoms with Crippen molar-refractivity contribution in [2.24, 2.45) is 0 Å². The molecule has 0 radical (unpaired) electrons. The maximum absolute atomic E-state index is 11.9. The summed E-state index contributed by atoms with van der Waals surface area (Å²) in [6.45, 7) is 0. The zero-order valence-corrected chi connectivity index (χ0v) is 10.1. The van der Waals surface area contributed by atoms with Gasteiger partial charge in [0.15, 0.2) is 11.5 Å². The number of halogens is 4. The second-order valence-corrected chi connectivity index (χ2v) is 3.93. The van der Waals surface area contributed by atoms with Crippen LogP contribution in [0.3, 0.4) is 0 Å². The fourth-order valence-electron chi connectivity index (χ4n) is 0.966. The van der Waals surface area contributed by atoms with Gasteiger partial charge in [-0.2, -0.15) is 0 Å². The number of aromatic nitrogens is 1. The van der Waals surface area contributed by atoms with Gasteiger partial charge in [-0.05, 0) is 22.6 Å². The minimum absolute atomic E-state index is 0.226. The maximum Gasteiger partial charge on any atom is 0.573 e. The molecule has 0 unspecified atom stereocenters. The van der Waals surface area contributed by atoms with Crippen LogP contribution in [0.15, 0.2) is 6.20 Å². The lowest BCUT2D eigenvalue weighted by Crippen LogP contribution is -2.18. The van der Waals surface area contributed by atoms with Crippen molar-refractivity contribution in [3.8, 4) is 11.5 Å². The first-order valence-corrected chi connectivity index (χ1v) is 5.12. The van der Waals surface area contributed by atoms with E-state index in [1.165, 1.54) is 22.6 Å². The molecule has 1 aromatic heterocycles. The normalized spacial score (nSPS) is 11.3. The molecule has 2 N–H and O–H groups in total. The zero-order valence-electron chi connectivity index (χ0n) is 7.95. The average molecular weight is 363 g/mol. The van der Waals surface area contributed by atoms with Crippen LogP contribution in [0.4, 0.5) is 13.2 Å². The number of hydrogen-bond acceptors (Lipinski definition) is 4. The Morgan fingerprint density at radius 1 is 1.53 bits per heavy atom. The number of aromatic hydroxyl groups is 1. The number of pyridine rings is 1. The molecule has 0 aliphatic carbocycles. The van der Waals surface area contributed by atoms with Crippen molar-refractivity contribution in [2.45, 2.75) is 12.8 Å². The summed E-state index contributed by atoms with van der Waals surface area (Å²) in [7, 11) is 0. The second kappa shape index (κ2) is 4.94. The number of hydrogen-bond donors (Lipinski definition) is 2. The van der Waals surface area contributed by atoms with Crippen LogP contribution in [0.25, 0.3) is 0 Å². The molecule has 0 saturated carbocycles. The lowest BCUT2D eigenvalue weighted by atomic mass is 10.2. The fraction of sp³-hybridized carbons (Fsp3) is 0.250. The smallest absolute Gasteiger partial charge is 0.505 e. The van der Waals surface area contributed by atoms with Gasteiger partial charge in [-0.15, -0.1) is 13.2 Å². The summed E-state index contributed by atoms with van der Waals surface area (Å²) in [6.07, 6.45) is -4.77. The molecular formula is C8H5F3INO4. The average Bonchev–Trinajstić information content (AvgIpc) is 2.15. The van der Waals surface area contributed by atoms with Gasteiger partial charge in [0.2, 0.25) is 0 Å². The van der Waals surface area contributed by atoms with Gasteiger partial charge in [0.1, 0.15) is 3.57 Å². The third kappa shape index (κ3) is 3.91. The molecule has 0 aromatic carbocycles. The number of carboxylic acids is 1. The van der Waals surface area contributed by atoms with E-state index in [0.29, 0.717) is 6.20 Å². The molecule has 0 atom stereocenters. The Balaban J connectivity index is 3.06. The van der Waals surface area contributed by atoms with E-state index >= 15 is 0 Å². The molecule has 0 spiro atoms. The largest absolute Gasteiger partial charge is 0.573 e. The standard InChI is InChI=1S/C8H5F3INO4/c9-8(10,11)17-4-2-13-3(1-5(14)15)7(16)6(4)12/h2,16H,1H2,(H,14,15). The summed E-state index contributed by atoms with van der Waals surface area (Å²) in [4.78, 5) is 13.8. The lowest BCUT2D eigenvalue weighted by molar-refractivity contribution is -0.275. The van der Waals surface area contributed by atoms with Gasteiger partial charge < -0.3 is 14.9 Å². The number of carboxylic acid groups (broad SMARTS) is 1. The van der Waals surface area contributed by atoms with Gasteiger partial charge in [0, 0.05) is 0 Å². The number of ether oxygens (including phenoxy) is 1. The first kappa shape index (κ1) is 13.8. The van der Waals surface area contributed by atoms with Crippen LogP contribution in [0.2, 0.25) is 0 Å². The summed E-state index contributed by atoms with van der Waals surface area (Å²) < 4.78 is 39.2. The third-order valence-corrected chi connectivity index (χ3v) is 2.62. The Morgan fingerprint density at radius 2 is 2.12 bits per heavy atom. The van der Waals surface area contributed by atoms with E-state index in [2.05, 4.69) is 9.72 Å². The molecular weight excluding hydrogens is 358 g/mol. The van der Waals surface area contributed by atoms with E-state index in [9.17, 15) is 23.1 Å². The molecule has 0 fully saturated rings. The Morgan fingerprint density at radius 3 is 2.59 bits per heavy atom. The van der Waals surface area contributed by atoms with Gasteiger partial charge in [0.05, 0.1) is 18.3 Å². The predicted octanol–water partition coefficient (Wildman–Crippen LogP) is 1.92. The lowest BCUT2D eigenvalue weighted by Gasteiger charge is -2.12. The monoisotopic (exact) mass is 363 g/mol. The topological polar surface area (TPSA) is 79.7 Å². The molecule has 1 heterocycles. The van der Waals surface area contributed by atoms with Crippen LogP contribution in [-0.4, -0.2) is 27.5 Å². The molecule has 0 aliphatic rings. The predicted molar refractivity (Wildman–Crippen MR) is 56.6 cm³/mol. The maximum atomic E-state index is 11.9. The highest BCUT2D eigenvalue weighted by atomic mass is 127. The molecule has 0 amide bonds. The third-order valence-electron chi connectivity index (χ3n) is 1.58. The van der Waals surface area contributed by atoms with E-state index in [1.807, 2.05) is 0 Å². The van der Waals surface area contributed by atoms with Gasteiger partial charge in [-0.25, -0.2) is 0 Å². The van der Waals surface area contributed by atoms with Gasteiger partial charge in [-0.1, -0.05) is 0 Å². The minimum Gasteiger partial charge on any atom is -0.505 e. The van der Waals surface area contributed by atoms with Crippen LogP contribution >= 0.6 is 22.6 Å². The molecule has 17 heavy (non-hydrogen) atoms. The van der Waals surface area contributed by atoms with Gasteiger partial charge in [0.25, 0.3) is 0 Å². The summed E-state index contributed by atoms with van der Waals surface area (Å²) in [6, 6.07) is 0. The Hall–Kier alpha value is -1.26. The number of alkyl halides is 3. The molecule has 9 heteroatoms. The van der Waals surface area contributed by atoms with E-state index in [4.69, 9.17) is 5.11 Å². The van der Waals surface area contributed by atoms with Crippen LogP contribution in [0.5, 0.6) is 11.5 Å². The Labute approximate surface area is 106 Å². The van der Waals surface area contributed by atoms with Gasteiger partial charge >= 0.3 is 12.3 Å². The molecule has 0 aliphatic heterocycles. The number of rotatable bonds is 3. The Bertz CT molecular complexity index is 449. The highest BCUT2D eigenvalue weighted by molar-refractivity contribution is 14.1. The van der Waals surface area contributed by atoms with Crippen molar-refractivity contribution in [3.05, 3.63) is 15.5 Å². The van der Waals surface area contributed by atoms with Gasteiger partial charge in [-0.3, -0.25) is 9.78 Å². The van der Waals surface area contributed by atoms with Crippen molar-refractivity contribution in [2.75, 3.05) is 0 Å². The molecule has 0 bridgehead atoms. The van der Waals surface area contributed by atoms with E-state index in [1.54, 1.807) is 0 Å². The first-order chi connectivity index (χ1) is 7.70. The summed E-state index contributed by atoms with van der Waals surface area (Å²) in [5.74, 6) is -2.56. The number of nitrogens with zero attached hydrogens (tertiary/aromatic N) is 1. The van der Waals surface area contributed by atoms with Crippen molar-refractivity contribution in [3.63, 3.8) is 0 Å². The zero-order chi connectivity index (χ0) is 13.2. The van der Waals surface area contributed by atoms with Crippen molar-refractivity contribution in [1.82, 2.24) is 4.98 Å². The highest BCUT2D eigenvalue weighted by Gasteiger charge is 2.33.